The van der Waals surface area contributed by atoms with E-state index in [0.29, 0.717) is 23.5 Å². The molecule has 0 aliphatic heterocycles. The van der Waals surface area contributed by atoms with Crippen LogP contribution >= 0.6 is 12.2 Å². The maximum Gasteiger partial charge on any atom is 0.257 e. The number of benzene rings is 2. The lowest BCUT2D eigenvalue weighted by Gasteiger charge is -2.11. The summed E-state index contributed by atoms with van der Waals surface area (Å²) in [6.45, 7) is 4.30. The lowest BCUT2D eigenvalue weighted by molar-refractivity contribution is -0.114. The fraction of sp³-hybridized carbons (Fsp3) is 0.318. The second-order valence-corrected chi connectivity index (χ2v) is 7.01. The summed E-state index contributed by atoms with van der Waals surface area (Å²) < 4.78 is 5.68. The number of thiocarbonyl (C=S) groups is 1. The molecule has 0 radical (unpaired) electrons. The van der Waals surface area contributed by atoms with Crippen molar-refractivity contribution in [3.05, 3.63) is 54.1 Å². The summed E-state index contributed by atoms with van der Waals surface area (Å²) in [6.07, 6.45) is 4.61. The minimum atomic E-state index is -0.299. The molecule has 0 atom stereocenters. The van der Waals surface area contributed by atoms with E-state index in [1.54, 1.807) is 48.5 Å². The first-order valence-electron chi connectivity index (χ1n) is 9.71. The molecule has 0 heterocycles. The van der Waals surface area contributed by atoms with Crippen LogP contribution in [0.4, 0.5) is 11.4 Å². The summed E-state index contributed by atoms with van der Waals surface area (Å²) in [5, 5.41) is 8.47. The van der Waals surface area contributed by atoms with Gasteiger partial charge in [-0.3, -0.25) is 14.9 Å². The molecule has 29 heavy (non-hydrogen) atoms. The molecular formula is C22H27N3O3S. The van der Waals surface area contributed by atoms with E-state index in [4.69, 9.17) is 17.0 Å². The highest BCUT2D eigenvalue weighted by molar-refractivity contribution is 7.80. The molecule has 2 amide bonds. The Morgan fingerprint density at radius 1 is 0.897 bits per heavy atom. The van der Waals surface area contributed by atoms with Crippen LogP contribution in [0.2, 0.25) is 0 Å². The molecule has 0 aromatic heterocycles. The number of anilines is 2. The van der Waals surface area contributed by atoms with Crippen molar-refractivity contribution in [2.45, 2.75) is 39.5 Å². The van der Waals surface area contributed by atoms with Crippen LogP contribution in [0.1, 0.15) is 49.9 Å². The van der Waals surface area contributed by atoms with Crippen molar-refractivity contribution >= 4 is 40.5 Å². The van der Waals surface area contributed by atoms with E-state index in [1.165, 1.54) is 19.8 Å². The van der Waals surface area contributed by atoms with Gasteiger partial charge in [-0.2, -0.15) is 0 Å². The highest BCUT2D eigenvalue weighted by Crippen LogP contribution is 2.15. The molecule has 0 fully saturated rings. The van der Waals surface area contributed by atoms with E-state index < -0.39 is 0 Å². The summed E-state index contributed by atoms with van der Waals surface area (Å²) in [5.41, 5.74) is 1.88. The van der Waals surface area contributed by atoms with Gasteiger partial charge in [-0.1, -0.05) is 26.2 Å². The van der Waals surface area contributed by atoms with Gasteiger partial charge in [-0.05, 0) is 67.2 Å². The number of ether oxygens (including phenoxy) is 1. The number of unbranched alkanes of at least 4 members (excludes halogenated alkanes) is 3. The number of hydrogen-bond acceptors (Lipinski definition) is 4. The smallest absolute Gasteiger partial charge is 0.257 e. The minimum absolute atomic E-state index is 0.138. The number of amides is 2. The summed E-state index contributed by atoms with van der Waals surface area (Å²) in [5.74, 6) is 0.311. The van der Waals surface area contributed by atoms with E-state index in [2.05, 4.69) is 22.9 Å². The Labute approximate surface area is 177 Å². The van der Waals surface area contributed by atoms with Crippen LogP contribution < -0.4 is 20.7 Å². The minimum Gasteiger partial charge on any atom is -0.494 e. The van der Waals surface area contributed by atoms with Crippen molar-refractivity contribution in [3.8, 4) is 5.75 Å². The Balaban J connectivity index is 1.79. The average molecular weight is 414 g/mol. The van der Waals surface area contributed by atoms with Crippen LogP contribution in [0, 0.1) is 0 Å². The quantitative estimate of drug-likeness (QED) is 0.409. The first kappa shape index (κ1) is 22.4. The lowest BCUT2D eigenvalue weighted by atomic mass is 10.2. The normalized spacial score (nSPS) is 10.1. The number of carbonyl (C=O) groups is 2. The molecule has 0 bridgehead atoms. The third-order valence-corrected chi connectivity index (χ3v) is 4.28. The second kappa shape index (κ2) is 11.8. The van der Waals surface area contributed by atoms with Gasteiger partial charge in [-0.25, -0.2) is 0 Å². The van der Waals surface area contributed by atoms with Crippen molar-refractivity contribution in [2.24, 2.45) is 0 Å². The molecular weight excluding hydrogens is 386 g/mol. The van der Waals surface area contributed by atoms with Crippen molar-refractivity contribution < 1.29 is 14.3 Å². The maximum absolute atomic E-state index is 12.3. The molecule has 154 valence electrons. The van der Waals surface area contributed by atoms with E-state index in [0.717, 1.165) is 18.6 Å². The number of rotatable bonds is 9. The van der Waals surface area contributed by atoms with Crippen LogP contribution in [-0.2, 0) is 4.79 Å². The summed E-state index contributed by atoms with van der Waals surface area (Å²) in [6, 6.07) is 14.0. The predicted octanol–water partition coefficient (Wildman–Crippen LogP) is 4.73. The van der Waals surface area contributed by atoms with Gasteiger partial charge < -0.3 is 15.4 Å². The van der Waals surface area contributed by atoms with E-state index in [9.17, 15) is 9.59 Å². The van der Waals surface area contributed by atoms with Crippen molar-refractivity contribution in [3.63, 3.8) is 0 Å². The molecule has 0 spiro atoms. The van der Waals surface area contributed by atoms with Crippen molar-refractivity contribution in [2.75, 3.05) is 17.2 Å². The fourth-order valence-corrected chi connectivity index (χ4v) is 2.81. The molecule has 2 aromatic carbocycles. The van der Waals surface area contributed by atoms with Crippen LogP contribution in [0.15, 0.2) is 48.5 Å². The zero-order valence-corrected chi connectivity index (χ0v) is 17.6. The molecule has 0 aliphatic rings. The molecule has 7 heteroatoms. The first-order valence-corrected chi connectivity index (χ1v) is 10.1. The Morgan fingerprint density at radius 3 is 2.10 bits per heavy atom. The first-order chi connectivity index (χ1) is 14.0. The van der Waals surface area contributed by atoms with Crippen molar-refractivity contribution in [1.29, 1.82) is 0 Å². The largest absolute Gasteiger partial charge is 0.494 e. The fourth-order valence-electron chi connectivity index (χ4n) is 2.60. The average Bonchev–Trinajstić information content (AvgIpc) is 2.69. The standard InChI is InChI=1S/C22H27N3O3S/c1-3-4-5-6-15-28-20-13-7-17(8-14-20)21(27)25-22(29)24-19-11-9-18(10-12-19)23-16(2)26/h7-14H,3-6,15H2,1-2H3,(H,23,26)(H2,24,25,27,29). The molecule has 0 aliphatic carbocycles. The summed E-state index contributed by atoms with van der Waals surface area (Å²) >= 11 is 5.20. The zero-order valence-electron chi connectivity index (χ0n) is 16.8. The lowest BCUT2D eigenvalue weighted by Crippen LogP contribution is -2.34. The molecule has 6 nitrogen and oxygen atoms in total. The SMILES string of the molecule is CCCCCCOc1ccc(C(=O)NC(=S)Nc2ccc(NC(C)=O)cc2)cc1. The maximum atomic E-state index is 12.3. The van der Waals surface area contributed by atoms with Gasteiger partial charge in [-0.15, -0.1) is 0 Å². The molecule has 3 N–H and O–H groups in total. The number of hydrogen-bond donors (Lipinski definition) is 3. The molecule has 2 rings (SSSR count). The molecule has 0 saturated carbocycles. The van der Waals surface area contributed by atoms with Crippen LogP contribution in [0.3, 0.4) is 0 Å². The van der Waals surface area contributed by atoms with Crippen LogP contribution in [0.5, 0.6) is 5.75 Å². The zero-order chi connectivity index (χ0) is 21.1. The monoisotopic (exact) mass is 413 g/mol. The molecule has 0 saturated heterocycles. The van der Waals surface area contributed by atoms with Crippen molar-refractivity contribution in [1.82, 2.24) is 5.32 Å². The van der Waals surface area contributed by atoms with E-state index in [-0.39, 0.29) is 16.9 Å². The Hall–Kier alpha value is -2.93. The Bertz CT molecular complexity index is 820. The van der Waals surface area contributed by atoms with Gasteiger partial charge in [0, 0.05) is 23.9 Å². The second-order valence-electron chi connectivity index (χ2n) is 6.60. The van der Waals surface area contributed by atoms with E-state index in [1.807, 2.05) is 0 Å². The summed E-state index contributed by atoms with van der Waals surface area (Å²) in [7, 11) is 0. The Morgan fingerprint density at radius 2 is 1.52 bits per heavy atom. The highest BCUT2D eigenvalue weighted by atomic mass is 32.1. The van der Waals surface area contributed by atoms with Gasteiger partial charge in [0.25, 0.3) is 5.91 Å². The Kier molecular flexibility index (Phi) is 9.11. The predicted molar refractivity (Wildman–Crippen MR) is 121 cm³/mol. The van der Waals surface area contributed by atoms with Crippen LogP contribution in [-0.4, -0.2) is 23.5 Å². The molecule has 2 aromatic rings. The third kappa shape index (κ3) is 8.31. The summed E-state index contributed by atoms with van der Waals surface area (Å²) in [4.78, 5) is 23.4. The van der Waals surface area contributed by atoms with Crippen LogP contribution in [0.25, 0.3) is 0 Å². The van der Waals surface area contributed by atoms with Gasteiger partial charge in [0.05, 0.1) is 6.61 Å². The van der Waals surface area contributed by atoms with Gasteiger partial charge in [0.1, 0.15) is 5.75 Å². The number of nitrogens with one attached hydrogen (secondary N) is 3. The van der Waals surface area contributed by atoms with Gasteiger partial charge >= 0.3 is 0 Å². The molecule has 0 unspecified atom stereocenters. The third-order valence-electron chi connectivity index (χ3n) is 4.07. The number of carbonyl (C=O) groups excluding carboxylic acids is 2. The topological polar surface area (TPSA) is 79.5 Å². The van der Waals surface area contributed by atoms with E-state index >= 15 is 0 Å². The van der Waals surface area contributed by atoms with Gasteiger partial charge in [0.15, 0.2) is 5.11 Å². The van der Waals surface area contributed by atoms with Gasteiger partial charge in [0.2, 0.25) is 5.91 Å². The highest BCUT2D eigenvalue weighted by Gasteiger charge is 2.08.